The van der Waals surface area contributed by atoms with E-state index < -0.39 is 5.54 Å². The lowest BCUT2D eigenvalue weighted by atomic mass is 9.91. The second-order valence-electron chi connectivity index (χ2n) is 7.35. The zero-order valence-corrected chi connectivity index (χ0v) is 15.4. The lowest BCUT2D eigenvalue weighted by Gasteiger charge is -2.31. The van der Waals surface area contributed by atoms with Crippen molar-refractivity contribution in [1.82, 2.24) is 5.32 Å². The standard InChI is InChI=1S/C19H29N3O3/c1-14(2)11-19(3,13-20)21-17(23)12-25-16-7-4-6-15(10-16)22-9-5-8-18(22)24/h4,6-7,10,14H,5,8-9,11-13,20H2,1-3H3,(H,21,23). The molecule has 138 valence electrons. The summed E-state index contributed by atoms with van der Waals surface area (Å²) >= 11 is 0. The van der Waals surface area contributed by atoms with Crippen molar-refractivity contribution in [3.05, 3.63) is 24.3 Å². The van der Waals surface area contributed by atoms with E-state index in [4.69, 9.17) is 10.5 Å². The van der Waals surface area contributed by atoms with E-state index in [2.05, 4.69) is 19.2 Å². The number of carbonyl (C=O) groups excluding carboxylic acids is 2. The maximum absolute atomic E-state index is 12.2. The van der Waals surface area contributed by atoms with Gasteiger partial charge in [-0.25, -0.2) is 0 Å². The topological polar surface area (TPSA) is 84.7 Å². The molecule has 1 aliphatic rings. The van der Waals surface area contributed by atoms with Crippen LogP contribution in [0.15, 0.2) is 24.3 Å². The van der Waals surface area contributed by atoms with Crippen LogP contribution in [-0.4, -0.2) is 37.0 Å². The Kier molecular flexibility index (Phi) is 6.42. The van der Waals surface area contributed by atoms with Crippen LogP contribution in [0.5, 0.6) is 5.75 Å². The molecule has 1 aromatic carbocycles. The number of nitrogens with two attached hydrogens (primary N) is 1. The van der Waals surface area contributed by atoms with Gasteiger partial charge in [0.05, 0.1) is 0 Å². The molecular weight excluding hydrogens is 318 g/mol. The van der Waals surface area contributed by atoms with Crippen LogP contribution in [0, 0.1) is 5.92 Å². The van der Waals surface area contributed by atoms with Gasteiger partial charge in [0.25, 0.3) is 5.91 Å². The number of ether oxygens (including phenoxy) is 1. The molecule has 1 aromatic rings. The van der Waals surface area contributed by atoms with E-state index >= 15 is 0 Å². The highest BCUT2D eigenvalue weighted by atomic mass is 16.5. The van der Waals surface area contributed by atoms with Crippen LogP contribution in [-0.2, 0) is 9.59 Å². The van der Waals surface area contributed by atoms with Crippen LogP contribution in [0.2, 0.25) is 0 Å². The first-order chi connectivity index (χ1) is 11.8. The van der Waals surface area contributed by atoms with E-state index in [1.165, 1.54) is 0 Å². The van der Waals surface area contributed by atoms with E-state index in [1.54, 1.807) is 17.0 Å². The molecule has 1 unspecified atom stereocenters. The molecular formula is C19H29N3O3. The summed E-state index contributed by atoms with van der Waals surface area (Å²) in [6.07, 6.45) is 2.27. The number of nitrogens with zero attached hydrogens (tertiary/aromatic N) is 1. The van der Waals surface area contributed by atoms with Crippen molar-refractivity contribution in [1.29, 1.82) is 0 Å². The third-order valence-corrected chi connectivity index (χ3v) is 4.32. The highest BCUT2D eigenvalue weighted by Crippen LogP contribution is 2.25. The monoisotopic (exact) mass is 347 g/mol. The van der Waals surface area contributed by atoms with Gasteiger partial charge in [0, 0.05) is 36.8 Å². The van der Waals surface area contributed by atoms with Gasteiger partial charge in [0.15, 0.2) is 6.61 Å². The van der Waals surface area contributed by atoms with Gasteiger partial charge in [-0.1, -0.05) is 19.9 Å². The Morgan fingerprint density at radius 2 is 2.20 bits per heavy atom. The van der Waals surface area contributed by atoms with Gasteiger partial charge in [-0.05, 0) is 37.8 Å². The third kappa shape index (κ3) is 5.46. The number of amides is 2. The van der Waals surface area contributed by atoms with Crippen molar-refractivity contribution in [2.75, 3.05) is 24.6 Å². The molecule has 2 rings (SSSR count). The van der Waals surface area contributed by atoms with Crippen LogP contribution in [0.25, 0.3) is 0 Å². The smallest absolute Gasteiger partial charge is 0.258 e. The molecule has 0 radical (unpaired) electrons. The summed E-state index contributed by atoms with van der Waals surface area (Å²) in [6.45, 7) is 7.18. The fourth-order valence-electron chi connectivity index (χ4n) is 3.27. The lowest BCUT2D eigenvalue weighted by molar-refractivity contribution is -0.125. The SMILES string of the molecule is CC(C)CC(C)(CN)NC(=O)COc1cccc(N2CCCC2=O)c1. The maximum Gasteiger partial charge on any atom is 0.258 e. The molecule has 6 heteroatoms. The highest BCUT2D eigenvalue weighted by Gasteiger charge is 2.26. The van der Waals surface area contributed by atoms with Gasteiger partial charge in [0.1, 0.15) is 5.75 Å². The normalized spacial score (nSPS) is 16.8. The second-order valence-corrected chi connectivity index (χ2v) is 7.35. The molecule has 0 aliphatic carbocycles. The van der Waals surface area contributed by atoms with Crippen molar-refractivity contribution < 1.29 is 14.3 Å². The summed E-state index contributed by atoms with van der Waals surface area (Å²) in [5, 5.41) is 2.97. The van der Waals surface area contributed by atoms with Gasteiger partial charge >= 0.3 is 0 Å². The van der Waals surface area contributed by atoms with Crippen LogP contribution < -0.4 is 20.7 Å². The Bertz CT molecular complexity index is 618. The van der Waals surface area contributed by atoms with Crippen molar-refractivity contribution in [2.24, 2.45) is 11.7 Å². The molecule has 25 heavy (non-hydrogen) atoms. The van der Waals surface area contributed by atoms with Gasteiger partial charge in [-0.3, -0.25) is 9.59 Å². The molecule has 1 saturated heterocycles. The molecule has 1 fully saturated rings. The maximum atomic E-state index is 12.2. The van der Waals surface area contributed by atoms with Crippen LogP contribution in [0.1, 0.15) is 40.0 Å². The van der Waals surface area contributed by atoms with Crippen molar-refractivity contribution in [2.45, 2.75) is 45.6 Å². The molecule has 0 spiro atoms. The number of rotatable bonds is 8. The van der Waals surface area contributed by atoms with E-state index in [0.717, 1.165) is 25.1 Å². The molecule has 6 nitrogen and oxygen atoms in total. The molecule has 2 amide bonds. The third-order valence-electron chi connectivity index (χ3n) is 4.32. The molecule has 1 atom stereocenters. The summed E-state index contributed by atoms with van der Waals surface area (Å²) in [7, 11) is 0. The zero-order chi connectivity index (χ0) is 18.4. The first-order valence-corrected chi connectivity index (χ1v) is 8.87. The fourth-order valence-corrected chi connectivity index (χ4v) is 3.27. The Balaban J connectivity index is 1.92. The van der Waals surface area contributed by atoms with Gasteiger partial charge in [0.2, 0.25) is 5.91 Å². The highest BCUT2D eigenvalue weighted by molar-refractivity contribution is 5.95. The van der Waals surface area contributed by atoms with E-state index in [1.807, 2.05) is 19.1 Å². The first kappa shape index (κ1) is 19.2. The number of anilines is 1. The Labute approximate surface area is 149 Å². The largest absolute Gasteiger partial charge is 0.484 e. The van der Waals surface area contributed by atoms with Crippen LogP contribution in [0.4, 0.5) is 5.69 Å². The summed E-state index contributed by atoms with van der Waals surface area (Å²) < 4.78 is 5.61. The average Bonchev–Trinajstić information content (AvgIpc) is 2.98. The summed E-state index contributed by atoms with van der Waals surface area (Å²) in [6, 6.07) is 7.29. The molecule has 0 saturated carbocycles. The van der Waals surface area contributed by atoms with Crippen molar-refractivity contribution >= 4 is 17.5 Å². The Morgan fingerprint density at radius 3 is 2.80 bits per heavy atom. The van der Waals surface area contributed by atoms with Gasteiger partial charge in [-0.2, -0.15) is 0 Å². The summed E-state index contributed by atoms with van der Waals surface area (Å²) in [5.74, 6) is 0.939. The number of carbonyl (C=O) groups is 2. The van der Waals surface area contributed by atoms with Gasteiger partial charge in [-0.15, -0.1) is 0 Å². The first-order valence-electron chi connectivity index (χ1n) is 8.87. The molecule has 3 N–H and O–H groups in total. The lowest BCUT2D eigenvalue weighted by Crippen LogP contribution is -2.53. The molecule has 1 heterocycles. The number of nitrogens with one attached hydrogen (secondary N) is 1. The molecule has 0 aromatic heterocycles. The van der Waals surface area contributed by atoms with Crippen molar-refractivity contribution in [3.8, 4) is 5.75 Å². The molecule has 0 bridgehead atoms. The molecule has 1 aliphatic heterocycles. The number of hydrogen-bond acceptors (Lipinski definition) is 4. The minimum Gasteiger partial charge on any atom is -0.484 e. The van der Waals surface area contributed by atoms with Gasteiger partial charge < -0.3 is 20.7 Å². The quantitative estimate of drug-likeness (QED) is 0.754. The average molecular weight is 347 g/mol. The predicted molar refractivity (Wildman–Crippen MR) is 98.6 cm³/mol. The van der Waals surface area contributed by atoms with Crippen molar-refractivity contribution in [3.63, 3.8) is 0 Å². The van der Waals surface area contributed by atoms with Crippen LogP contribution in [0.3, 0.4) is 0 Å². The number of benzene rings is 1. The van der Waals surface area contributed by atoms with E-state index in [0.29, 0.717) is 24.6 Å². The second kappa shape index (κ2) is 8.34. The minimum absolute atomic E-state index is 0.0783. The van der Waals surface area contributed by atoms with Crippen LogP contribution >= 0.6 is 0 Å². The summed E-state index contributed by atoms with van der Waals surface area (Å²) in [5.41, 5.74) is 6.20. The Hall–Kier alpha value is -2.08. The van der Waals surface area contributed by atoms with E-state index in [9.17, 15) is 9.59 Å². The fraction of sp³-hybridized carbons (Fsp3) is 0.579. The minimum atomic E-state index is -0.432. The zero-order valence-electron chi connectivity index (χ0n) is 15.4. The summed E-state index contributed by atoms with van der Waals surface area (Å²) in [4.78, 5) is 25.8. The predicted octanol–water partition coefficient (Wildman–Crippen LogP) is 2.07. The Morgan fingerprint density at radius 1 is 1.44 bits per heavy atom. The van der Waals surface area contributed by atoms with E-state index in [-0.39, 0.29) is 18.4 Å². The number of hydrogen-bond donors (Lipinski definition) is 2.